The molecule has 0 aromatic heterocycles. The maximum atomic E-state index is 10.5. The van der Waals surface area contributed by atoms with Crippen LogP contribution in [0.5, 0.6) is 0 Å². The molecule has 0 aliphatic heterocycles. The number of hydrogen-bond donors (Lipinski definition) is 2. The number of rotatable bonds is 10. The topological polar surface area (TPSA) is 58.6 Å². The van der Waals surface area contributed by atoms with Crippen LogP contribution >= 0.6 is 0 Å². The summed E-state index contributed by atoms with van der Waals surface area (Å²) in [7, 11) is 0. The second kappa shape index (κ2) is 9.93. The Morgan fingerprint density at radius 1 is 1.40 bits per heavy atom. The largest absolute Gasteiger partial charge is 0.481 e. The van der Waals surface area contributed by atoms with Gasteiger partial charge in [0.2, 0.25) is 0 Å². The molecule has 0 aliphatic carbocycles. The Labute approximate surface area is 92.0 Å². The third-order valence-corrected chi connectivity index (χ3v) is 2.16. The average Bonchev–Trinajstić information content (AvgIpc) is 2.21. The van der Waals surface area contributed by atoms with E-state index in [2.05, 4.69) is 12.2 Å². The predicted molar refractivity (Wildman–Crippen MR) is 60.0 cm³/mol. The van der Waals surface area contributed by atoms with Gasteiger partial charge in [0, 0.05) is 19.8 Å². The SMILES string of the molecule is CCCCOCCCNCC(C)C(=O)O. The minimum Gasteiger partial charge on any atom is -0.481 e. The van der Waals surface area contributed by atoms with Crippen LogP contribution in [-0.2, 0) is 9.53 Å². The van der Waals surface area contributed by atoms with Crippen LogP contribution in [0.1, 0.15) is 33.1 Å². The molecule has 4 nitrogen and oxygen atoms in total. The van der Waals surface area contributed by atoms with Gasteiger partial charge in [0.25, 0.3) is 0 Å². The van der Waals surface area contributed by atoms with Crippen molar-refractivity contribution in [3.05, 3.63) is 0 Å². The van der Waals surface area contributed by atoms with Gasteiger partial charge in [-0.15, -0.1) is 0 Å². The van der Waals surface area contributed by atoms with E-state index in [0.29, 0.717) is 6.54 Å². The summed E-state index contributed by atoms with van der Waals surface area (Å²) in [6.45, 7) is 6.79. The first-order valence-electron chi connectivity index (χ1n) is 5.69. The van der Waals surface area contributed by atoms with E-state index in [0.717, 1.165) is 39.0 Å². The van der Waals surface area contributed by atoms with E-state index < -0.39 is 5.97 Å². The van der Waals surface area contributed by atoms with Crippen LogP contribution < -0.4 is 5.32 Å². The van der Waals surface area contributed by atoms with Gasteiger partial charge in [0.05, 0.1) is 5.92 Å². The fourth-order valence-corrected chi connectivity index (χ4v) is 1.05. The van der Waals surface area contributed by atoms with E-state index in [-0.39, 0.29) is 5.92 Å². The first-order chi connectivity index (χ1) is 7.18. The molecule has 1 unspecified atom stereocenters. The summed E-state index contributed by atoms with van der Waals surface area (Å²) in [5, 5.41) is 11.7. The van der Waals surface area contributed by atoms with Crippen LogP contribution in [0.15, 0.2) is 0 Å². The summed E-state index contributed by atoms with van der Waals surface area (Å²) in [5.74, 6) is -1.06. The van der Waals surface area contributed by atoms with Gasteiger partial charge in [0.1, 0.15) is 0 Å². The van der Waals surface area contributed by atoms with E-state index in [1.165, 1.54) is 0 Å². The monoisotopic (exact) mass is 217 g/mol. The second-order valence-electron chi connectivity index (χ2n) is 3.76. The van der Waals surface area contributed by atoms with Crippen LogP contribution in [-0.4, -0.2) is 37.4 Å². The lowest BCUT2D eigenvalue weighted by atomic mass is 10.2. The Morgan fingerprint density at radius 2 is 2.07 bits per heavy atom. The second-order valence-corrected chi connectivity index (χ2v) is 3.76. The fraction of sp³-hybridized carbons (Fsp3) is 0.909. The Bertz CT molecular complexity index is 162. The van der Waals surface area contributed by atoms with Crippen molar-refractivity contribution in [2.45, 2.75) is 33.1 Å². The zero-order valence-electron chi connectivity index (χ0n) is 9.79. The van der Waals surface area contributed by atoms with Crippen molar-refractivity contribution in [1.29, 1.82) is 0 Å². The molecule has 0 aromatic carbocycles. The van der Waals surface area contributed by atoms with Crippen molar-refractivity contribution >= 4 is 5.97 Å². The highest BCUT2D eigenvalue weighted by molar-refractivity contribution is 5.69. The third kappa shape index (κ3) is 9.69. The van der Waals surface area contributed by atoms with E-state index in [9.17, 15) is 4.79 Å². The molecule has 2 N–H and O–H groups in total. The smallest absolute Gasteiger partial charge is 0.307 e. The summed E-state index contributed by atoms with van der Waals surface area (Å²) in [4.78, 5) is 10.5. The molecular weight excluding hydrogens is 194 g/mol. The predicted octanol–water partition coefficient (Wildman–Crippen LogP) is 1.50. The molecule has 0 saturated carbocycles. The lowest BCUT2D eigenvalue weighted by molar-refractivity contribution is -0.140. The Balaban J connectivity index is 3.08. The molecule has 0 heterocycles. The fourth-order valence-electron chi connectivity index (χ4n) is 1.05. The molecule has 0 saturated heterocycles. The van der Waals surface area contributed by atoms with Crippen LogP contribution in [0, 0.1) is 5.92 Å². The van der Waals surface area contributed by atoms with E-state index in [1.54, 1.807) is 6.92 Å². The summed E-state index contributed by atoms with van der Waals surface area (Å²) < 4.78 is 5.37. The first kappa shape index (κ1) is 14.4. The standard InChI is InChI=1S/C11H23NO3/c1-3-4-7-15-8-5-6-12-9-10(2)11(13)14/h10,12H,3-9H2,1-2H3,(H,13,14). The van der Waals surface area contributed by atoms with Gasteiger partial charge >= 0.3 is 5.97 Å². The van der Waals surface area contributed by atoms with E-state index >= 15 is 0 Å². The Morgan fingerprint density at radius 3 is 2.67 bits per heavy atom. The summed E-state index contributed by atoms with van der Waals surface area (Å²) in [6.07, 6.45) is 3.22. The average molecular weight is 217 g/mol. The molecule has 0 radical (unpaired) electrons. The lowest BCUT2D eigenvalue weighted by Crippen LogP contribution is -2.27. The number of unbranched alkanes of at least 4 members (excludes halogenated alkanes) is 1. The molecule has 90 valence electrons. The van der Waals surface area contributed by atoms with Gasteiger partial charge in [-0.2, -0.15) is 0 Å². The van der Waals surface area contributed by atoms with Gasteiger partial charge in [-0.1, -0.05) is 20.3 Å². The number of carboxylic acid groups (broad SMARTS) is 1. The minimum atomic E-state index is -0.748. The molecular formula is C11H23NO3. The lowest BCUT2D eigenvalue weighted by Gasteiger charge is -2.08. The highest BCUT2D eigenvalue weighted by atomic mass is 16.5. The van der Waals surface area contributed by atoms with Crippen LogP contribution in [0.25, 0.3) is 0 Å². The maximum Gasteiger partial charge on any atom is 0.307 e. The van der Waals surface area contributed by atoms with Crippen molar-refractivity contribution in [2.24, 2.45) is 5.92 Å². The minimum absolute atomic E-state index is 0.314. The third-order valence-electron chi connectivity index (χ3n) is 2.16. The van der Waals surface area contributed by atoms with Gasteiger partial charge in [-0.05, 0) is 19.4 Å². The number of ether oxygens (including phenoxy) is 1. The summed E-state index contributed by atoms with van der Waals surface area (Å²) in [5.41, 5.74) is 0. The van der Waals surface area contributed by atoms with Gasteiger partial charge in [-0.25, -0.2) is 0 Å². The molecule has 0 aliphatic rings. The van der Waals surface area contributed by atoms with Gasteiger partial charge in [0.15, 0.2) is 0 Å². The molecule has 0 spiro atoms. The molecule has 0 amide bonds. The Kier molecular flexibility index (Phi) is 9.52. The molecule has 4 heteroatoms. The maximum absolute atomic E-state index is 10.5. The summed E-state index contributed by atoms with van der Waals surface area (Å²) in [6, 6.07) is 0. The quantitative estimate of drug-likeness (QED) is 0.544. The van der Waals surface area contributed by atoms with Crippen LogP contribution in [0.2, 0.25) is 0 Å². The first-order valence-corrected chi connectivity index (χ1v) is 5.69. The molecule has 0 aromatic rings. The summed E-state index contributed by atoms with van der Waals surface area (Å²) >= 11 is 0. The number of hydrogen-bond acceptors (Lipinski definition) is 3. The highest BCUT2D eigenvalue weighted by Crippen LogP contribution is 1.92. The number of nitrogens with one attached hydrogen (secondary N) is 1. The Hall–Kier alpha value is -0.610. The van der Waals surface area contributed by atoms with Gasteiger partial charge < -0.3 is 15.2 Å². The zero-order chi connectivity index (χ0) is 11.5. The van der Waals surface area contributed by atoms with Crippen molar-refractivity contribution in [2.75, 3.05) is 26.3 Å². The highest BCUT2D eigenvalue weighted by Gasteiger charge is 2.08. The molecule has 0 rings (SSSR count). The van der Waals surface area contributed by atoms with E-state index in [1.807, 2.05) is 0 Å². The van der Waals surface area contributed by atoms with Crippen molar-refractivity contribution in [3.8, 4) is 0 Å². The molecule has 0 fully saturated rings. The van der Waals surface area contributed by atoms with Crippen molar-refractivity contribution in [3.63, 3.8) is 0 Å². The van der Waals surface area contributed by atoms with Crippen molar-refractivity contribution < 1.29 is 14.6 Å². The van der Waals surface area contributed by atoms with Crippen LogP contribution in [0.3, 0.4) is 0 Å². The van der Waals surface area contributed by atoms with Gasteiger partial charge in [-0.3, -0.25) is 4.79 Å². The molecule has 1 atom stereocenters. The number of aliphatic carboxylic acids is 1. The van der Waals surface area contributed by atoms with Crippen LogP contribution in [0.4, 0.5) is 0 Å². The normalized spacial score (nSPS) is 12.7. The molecule has 15 heavy (non-hydrogen) atoms. The number of carbonyl (C=O) groups is 1. The number of carboxylic acids is 1. The van der Waals surface area contributed by atoms with E-state index in [4.69, 9.17) is 9.84 Å². The van der Waals surface area contributed by atoms with Crippen molar-refractivity contribution in [1.82, 2.24) is 5.32 Å². The zero-order valence-corrected chi connectivity index (χ0v) is 9.79. The molecule has 0 bridgehead atoms.